The Labute approximate surface area is 90.4 Å². The molecule has 0 nitrogen and oxygen atoms in total. The molecule has 0 bridgehead atoms. The molecule has 0 saturated heterocycles. The van der Waals surface area contributed by atoms with Crippen molar-refractivity contribution < 1.29 is 0 Å². The van der Waals surface area contributed by atoms with Crippen LogP contribution in [0.25, 0.3) is 0 Å². The lowest BCUT2D eigenvalue weighted by molar-refractivity contribution is 1.62. The molecule has 1 rings (SSSR count). The largest absolute Gasteiger partial charge is 0.137 e. The van der Waals surface area contributed by atoms with Crippen LogP contribution in [0.15, 0.2) is 21.3 Å². The highest BCUT2D eigenvalue weighted by molar-refractivity contribution is 9.12. The van der Waals surface area contributed by atoms with E-state index < -0.39 is 0 Å². The summed E-state index contributed by atoms with van der Waals surface area (Å²) >= 11 is 11.4. The van der Waals surface area contributed by atoms with E-state index in [1.807, 2.05) is 17.5 Å². The smallest absolute Gasteiger partial charge is 0.0698 e. The van der Waals surface area contributed by atoms with Crippen LogP contribution in [0.2, 0.25) is 0 Å². The zero-order chi connectivity index (χ0) is 7.82. The quantitative estimate of drug-likeness (QED) is 0.663. The van der Waals surface area contributed by atoms with Gasteiger partial charge in [0.2, 0.25) is 0 Å². The topological polar surface area (TPSA) is 0 Å². The average Bonchev–Trinajstić information content (AvgIpc) is 2.40. The molecule has 0 radical (unpaired) electrons. The van der Waals surface area contributed by atoms with Crippen LogP contribution in [0.4, 0.5) is 0 Å². The van der Waals surface area contributed by atoms with Crippen molar-refractivity contribution >= 4 is 59.1 Å². The second-order valence-corrected chi connectivity index (χ2v) is 5.21. The second kappa shape index (κ2) is 8.24. The fourth-order valence-corrected chi connectivity index (χ4v) is 1.18. The molecule has 10 heavy (non-hydrogen) atoms. The molecule has 0 aromatic carbocycles. The first kappa shape index (κ1) is 11.1. The summed E-state index contributed by atoms with van der Waals surface area (Å²) in [7, 11) is 0. The molecular formula is C6H7Br3S. The molecule has 0 aliphatic rings. The second-order valence-electron chi connectivity index (χ2n) is 1.30. The van der Waals surface area contributed by atoms with Crippen molar-refractivity contribution in [2.24, 2.45) is 0 Å². The van der Waals surface area contributed by atoms with Gasteiger partial charge in [0.15, 0.2) is 0 Å². The normalized spacial score (nSPS) is 8.30. The van der Waals surface area contributed by atoms with E-state index in [-0.39, 0.29) is 0 Å². The summed E-state index contributed by atoms with van der Waals surface area (Å²) in [6, 6.07) is 4.03. The fourth-order valence-electron chi connectivity index (χ4n) is 0.259. The first-order valence-corrected chi connectivity index (χ1v) is 6.53. The fraction of sp³-hybridized carbons (Fsp3) is 0.333. The maximum absolute atomic E-state index is 3.30. The van der Waals surface area contributed by atoms with Crippen molar-refractivity contribution in [3.05, 3.63) is 21.3 Å². The number of halogens is 3. The van der Waals surface area contributed by atoms with Crippen molar-refractivity contribution in [2.75, 3.05) is 10.7 Å². The van der Waals surface area contributed by atoms with Gasteiger partial charge in [-0.2, -0.15) is 0 Å². The Hall–Kier alpha value is 1.14. The molecule has 0 atom stereocenters. The summed E-state index contributed by atoms with van der Waals surface area (Å²) in [4.78, 5) is 0. The van der Waals surface area contributed by atoms with Gasteiger partial charge in [0.25, 0.3) is 0 Å². The monoisotopic (exact) mass is 348 g/mol. The summed E-state index contributed by atoms with van der Waals surface area (Å²) in [6.45, 7) is 0. The first-order chi connectivity index (χ1) is 4.81. The minimum absolute atomic E-state index is 1.05. The number of hydrogen-bond donors (Lipinski definition) is 0. The van der Waals surface area contributed by atoms with Gasteiger partial charge < -0.3 is 0 Å². The summed E-state index contributed by atoms with van der Waals surface area (Å²) in [5, 5.41) is 4.13. The Kier molecular flexibility index (Phi) is 9.18. The van der Waals surface area contributed by atoms with Gasteiger partial charge in [0.05, 0.1) is 3.79 Å². The van der Waals surface area contributed by atoms with Gasteiger partial charge in [-0.3, -0.25) is 0 Å². The zero-order valence-corrected chi connectivity index (χ0v) is 10.8. The molecule has 0 aliphatic carbocycles. The van der Waals surface area contributed by atoms with Gasteiger partial charge in [-0.25, -0.2) is 0 Å². The lowest BCUT2D eigenvalue weighted by Gasteiger charge is -1.63. The van der Waals surface area contributed by atoms with Crippen molar-refractivity contribution in [1.82, 2.24) is 0 Å². The van der Waals surface area contributed by atoms with Crippen molar-refractivity contribution in [1.29, 1.82) is 0 Å². The highest BCUT2D eigenvalue weighted by Gasteiger charge is 1.77. The maximum atomic E-state index is 3.30. The van der Waals surface area contributed by atoms with Gasteiger partial charge in [-0.05, 0) is 27.4 Å². The van der Waals surface area contributed by atoms with Crippen LogP contribution >= 0.6 is 59.1 Å². The molecule has 1 aromatic heterocycles. The molecular weight excluding hydrogens is 344 g/mol. The van der Waals surface area contributed by atoms with Crippen LogP contribution in [-0.4, -0.2) is 10.7 Å². The molecule has 0 aliphatic heterocycles. The van der Waals surface area contributed by atoms with Crippen molar-refractivity contribution in [3.63, 3.8) is 0 Å². The number of alkyl halides is 2. The summed E-state index contributed by atoms with van der Waals surface area (Å²) < 4.78 is 1.20. The highest BCUT2D eigenvalue weighted by atomic mass is 79.9. The third kappa shape index (κ3) is 7.25. The van der Waals surface area contributed by atoms with E-state index in [0.717, 1.165) is 10.7 Å². The Morgan fingerprint density at radius 1 is 1.30 bits per heavy atom. The molecule has 0 spiro atoms. The van der Waals surface area contributed by atoms with E-state index in [1.54, 1.807) is 11.3 Å². The lowest BCUT2D eigenvalue weighted by atomic mass is 10.7. The number of hydrogen-bond acceptors (Lipinski definition) is 1. The van der Waals surface area contributed by atoms with Crippen LogP contribution < -0.4 is 0 Å². The standard InChI is InChI=1S/C4H3BrS.C2H4Br2/c5-4-2-1-3-6-4;3-1-2-4/h1-3H;1-2H2. The average molecular weight is 351 g/mol. The third-order valence-electron chi connectivity index (χ3n) is 0.558. The summed E-state index contributed by atoms with van der Waals surface area (Å²) in [5.41, 5.74) is 0. The molecule has 58 valence electrons. The van der Waals surface area contributed by atoms with Crippen molar-refractivity contribution in [3.8, 4) is 0 Å². The van der Waals surface area contributed by atoms with E-state index in [0.29, 0.717) is 0 Å². The molecule has 1 aromatic rings. The summed E-state index contributed by atoms with van der Waals surface area (Å²) in [5.74, 6) is 0. The van der Waals surface area contributed by atoms with Crippen LogP contribution in [-0.2, 0) is 0 Å². The zero-order valence-electron chi connectivity index (χ0n) is 5.19. The molecule has 0 amide bonds. The van der Waals surface area contributed by atoms with E-state index in [2.05, 4.69) is 47.8 Å². The van der Waals surface area contributed by atoms with Gasteiger partial charge in [-0.15, -0.1) is 11.3 Å². The van der Waals surface area contributed by atoms with Crippen LogP contribution in [0.1, 0.15) is 0 Å². The van der Waals surface area contributed by atoms with Crippen LogP contribution in [0.5, 0.6) is 0 Å². The summed E-state index contributed by atoms with van der Waals surface area (Å²) in [6.07, 6.45) is 0. The van der Waals surface area contributed by atoms with Crippen molar-refractivity contribution in [2.45, 2.75) is 0 Å². The van der Waals surface area contributed by atoms with Crippen LogP contribution in [0, 0.1) is 0 Å². The predicted molar refractivity (Wildman–Crippen MR) is 59.6 cm³/mol. The molecule has 0 unspecified atom stereocenters. The van der Waals surface area contributed by atoms with Gasteiger partial charge >= 0.3 is 0 Å². The SMILES string of the molecule is BrCCBr.Brc1cccs1. The minimum atomic E-state index is 1.05. The molecule has 1 heterocycles. The lowest BCUT2D eigenvalue weighted by Crippen LogP contribution is -1.61. The number of rotatable bonds is 1. The van der Waals surface area contributed by atoms with Crippen LogP contribution in [0.3, 0.4) is 0 Å². The van der Waals surface area contributed by atoms with Gasteiger partial charge in [0, 0.05) is 10.7 Å². The Bertz CT molecular complexity index is 137. The molecule has 0 N–H and O–H groups in total. The van der Waals surface area contributed by atoms with E-state index in [1.165, 1.54) is 3.79 Å². The molecule has 0 fully saturated rings. The minimum Gasteiger partial charge on any atom is -0.137 e. The first-order valence-electron chi connectivity index (χ1n) is 2.62. The number of thiophene rings is 1. The maximum Gasteiger partial charge on any atom is 0.0698 e. The van der Waals surface area contributed by atoms with Gasteiger partial charge in [-0.1, -0.05) is 37.9 Å². The Morgan fingerprint density at radius 3 is 2.00 bits per heavy atom. The highest BCUT2D eigenvalue weighted by Crippen LogP contribution is 2.14. The predicted octanol–water partition coefficient (Wildman–Crippen LogP) is 4.29. The van der Waals surface area contributed by atoms with E-state index in [9.17, 15) is 0 Å². The van der Waals surface area contributed by atoms with E-state index in [4.69, 9.17) is 0 Å². The Balaban J connectivity index is 0.000000180. The molecule has 4 heteroatoms. The Morgan fingerprint density at radius 2 is 1.90 bits per heavy atom. The molecule has 0 saturated carbocycles. The van der Waals surface area contributed by atoms with E-state index >= 15 is 0 Å². The third-order valence-corrected chi connectivity index (χ3v) is 3.89. The van der Waals surface area contributed by atoms with Gasteiger partial charge in [0.1, 0.15) is 0 Å².